The minimum absolute atomic E-state index is 0.150. The van der Waals surface area contributed by atoms with Gasteiger partial charge in [0.25, 0.3) is 0 Å². The number of carbonyl (C=O) groups is 1. The molecule has 0 fully saturated rings. The number of hydrogen-bond donors (Lipinski definition) is 0. The lowest BCUT2D eigenvalue weighted by Crippen LogP contribution is -2.35. The minimum Gasteiger partial charge on any atom is -0.339 e. The molecule has 3 aromatic rings. The number of rotatable bonds is 4. The highest BCUT2D eigenvalue weighted by Gasteiger charge is 2.21. The molecule has 23 heavy (non-hydrogen) atoms. The molecule has 1 aliphatic heterocycles. The van der Waals surface area contributed by atoms with Crippen LogP contribution in [0.5, 0.6) is 0 Å². The van der Waals surface area contributed by atoms with Gasteiger partial charge < -0.3 is 9.42 Å². The van der Waals surface area contributed by atoms with E-state index in [1.807, 2.05) is 21.7 Å². The van der Waals surface area contributed by atoms with Crippen molar-refractivity contribution in [3.8, 4) is 11.4 Å². The maximum atomic E-state index is 12.4. The van der Waals surface area contributed by atoms with Crippen LogP contribution in [-0.4, -0.2) is 27.5 Å². The van der Waals surface area contributed by atoms with Crippen molar-refractivity contribution >= 4 is 28.6 Å². The summed E-state index contributed by atoms with van der Waals surface area (Å²) >= 11 is 3.37. The fourth-order valence-corrected chi connectivity index (χ4v) is 4.22. The van der Waals surface area contributed by atoms with Gasteiger partial charge in [0, 0.05) is 41.8 Å². The molecule has 1 aliphatic rings. The van der Waals surface area contributed by atoms with Crippen molar-refractivity contribution < 1.29 is 9.32 Å². The third-order valence-electron chi connectivity index (χ3n) is 3.96. The van der Waals surface area contributed by atoms with Crippen LogP contribution < -0.4 is 0 Å². The van der Waals surface area contributed by atoms with Gasteiger partial charge in [-0.25, -0.2) is 0 Å². The molecule has 0 N–H and O–H groups in total. The predicted octanol–water partition coefficient (Wildman–Crippen LogP) is 3.38. The van der Waals surface area contributed by atoms with Gasteiger partial charge >= 0.3 is 0 Å². The monoisotopic (exact) mass is 345 g/mol. The van der Waals surface area contributed by atoms with Crippen molar-refractivity contribution in [2.45, 2.75) is 25.8 Å². The third-order valence-corrected chi connectivity index (χ3v) is 5.67. The van der Waals surface area contributed by atoms with Gasteiger partial charge in [-0.15, -0.1) is 11.3 Å². The van der Waals surface area contributed by atoms with E-state index < -0.39 is 0 Å². The van der Waals surface area contributed by atoms with Gasteiger partial charge in [-0.1, -0.05) is 5.16 Å². The molecule has 0 saturated carbocycles. The van der Waals surface area contributed by atoms with Crippen LogP contribution in [0.2, 0.25) is 0 Å². The number of carbonyl (C=O) groups excluding carboxylic acids is 1. The zero-order chi connectivity index (χ0) is 15.6. The van der Waals surface area contributed by atoms with Crippen molar-refractivity contribution in [3.05, 3.63) is 44.6 Å². The first-order valence-electron chi connectivity index (χ1n) is 7.48. The molecular formula is C16H15N3O2S2. The van der Waals surface area contributed by atoms with Crippen molar-refractivity contribution in [1.29, 1.82) is 0 Å². The number of hydrogen-bond acceptors (Lipinski definition) is 6. The van der Waals surface area contributed by atoms with E-state index >= 15 is 0 Å². The lowest BCUT2D eigenvalue weighted by Gasteiger charge is -2.26. The molecular weight excluding hydrogens is 330 g/mol. The summed E-state index contributed by atoms with van der Waals surface area (Å²) in [5.41, 5.74) is 2.24. The molecule has 0 aliphatic carbocycles. The number of fused-ring (bicyclic) bond motifs is 1. The van der Waals surface area contributed by atoms with Gasteiger partial charge in [-0.05, 0) is 34.9 Å². The Morgan fingerprint density at radius 1 is 1.35 bits per heavy atom. The highest BCUT2D eigenvalue weighted by atomic mass is 32.1. The molecule has 1 amide bonds. The van der Waals surface area contributed by atoms with Gasteiger partial charge in [0.15, 0.2) is 0 Å². The first-order valence-corrected chi connectivity index (χ1v) is 9.30. The van der Waals surface area contributed by atoms with E-state index in [4.69, 9.17) is 4.52 Å². The van der Waals surface area contributed by atoms with Crippen LogP contribution in [0.1, 0.15) is 22.8 Å². The van der Waals surface area contributed by atoms with Crippen LogP contribution in [0.4, 0.5) is 0 Å². The largest absolute Gasteiger partial charge is 0.339 e. The van der Waals surface area contributed by atoms with Crippen molar-refractivity contribution in [3.63, 3.8) is 0 Å². The first kappa shape index (κ1) is 14.6. The van der Waals surface area contributed by atoms with E-state index in [-0.39, 0.29) is 5.91 Å². The molecule has 0 saturated heterocycles. The number of aromatic nitrogens is 2. The van der Waals surface area contributed by atoms with Gasteiger partial charge in [0.05, 0.1) is 0 Å². The Balaban J connectivity index is 1.35. The van der Waals surface area contributed by atoms with Crippen molar-refractivity contribution in [2.75, 3.05) is 6.54 Å². The van der Waals surface area contributed by atoms with Crippen molar-refractivity contribution in [2.24, 2.45) is 0 Å². The first-order chi connectivity index (χ1) is 11.3. The molecule has 0 radical (unpaired) electrons. The van der Waals surface area contributed by atoms with Gasteiger partial charge in [-0.2, -0.15) is 16.3 Å². The second-order valence-corrected chi connectivity index (χ2v) is 7.24. The summed E-state index contributed by atoms with van der Waals surface area (Å²) < 4.78 is 5.24. The van der Waals surface area contributed by atoms with Crippen LogP contribution in [-0.2, 0) is 24.2 Å². The molecule has 4 heterocycles. The van der Waals surface area contributed by atoms with Crippen molar-refractivity contribution in [1.82, 2.24) is 15.0 Å². The van der Waals surface area contributed by atoms with E-state index in [9.17, 15) is 4.79 Å². The molecule has 118 valence electrons. The topological polar surface area (TPSA) is 59.2 Å². The molecule has 3 aromatic heterocycles. The van der Waals surface area contributed by atoms with Gasteiger partial charge in [0.2, 0.25) is 17.6 Å². The number of aryl methyl sites for hydroxylation is 1. The Bertz CT molecular complexity index is 807. The molecule has 5 nitrogen and oxygen atoms in total. The maximum Gasteiger partial charge on any atom is 0.227 e. The molecule has 7 heteroatoms. The number of amides is 1. The van der Waals surface area contributed by atoms with Crippen LogP contribution >= 0.6 is 22.7 Å². The summed E-state index contributed by atoms with van der Waals surface area (Å²) in [6, 6.07) is 4.07. The van der Waals surface area contributed by atoms with E-state index in [0.717, 1.165) is 25.1 Å². The Kier molecular flexibility index (Phi) is 3.97. The van der Waals surface area contributed by atoms with Crippen LogP contribution in [0.15, 0.2) is 32.8 Å². The van der Waals surface area contributed by atoms with Crippen LogP contribution in [0.3, 0.4) is 0 Å². The highest BCUT2D eigenvalue weighted by molar-refractivity contribution is 7.10. The fourth-order valence-electron chi connectivity index (χ4n) is 2.70. The highest BCUT2D eigenvalue weighted by Crippen LogP contribution is 2.24. The van der Waals surface area contributed by atoms with E-state index in [1.165, 1.54) is 10.4 Å². The summed E-state index contributed by atoms with van der Waals surface area (Å²) in [5, 5.41) is 10.0. The Morgan fingerprint density at radius 3 is 3.17 bits per heavy atom. The Hall–Kier alpha value is -1.99. The second-order valence-electron chi connectivity index (χ2n) is 5.46. The summed E-state index contributed by atoms with van der Waals surface area (Å²) in [6.07, 6.45) is 1.86. The van der Waals surface area contributed by atoms with Gasteiger partial charge in [-0.3, -0.25) is 4.79 Å². The lowest BCUT2D eigenvalue weighted by molar-refractivity contribution is -0.132. The molecule has 0 atom stereocenters. The van der Waals surface area contributed by atoms with E-state index in [1.54, 1.807) is 22.7 Å². The summed E-state index contributed by atoms with van der Waals surface area (Å²) in [7, 11) is 0. The SMILES string of the molecule is O=C(CCc1nc(-c2ccsc2)no1)N1CCc2sccc2C1. The summed E-state index contributed by atoms with van der Waals surface area (Å²) in [4.78, 5) is 20.1. The van der Waals surface area contributed by atoms with Crippen LogP contribution in [0, 0.1) is 0 Å². The molecule has 0 aromatic carbocycles. The fraction of sp³-hybridized carbons (Fsp3) is 0.312. The summed E-state index contributed by atoms with van der Waals surface area (Å²) in [6.45, 7) is 1.53. The standard InChI is InChI=1S/C16H15N3O2S2/c20-15(19-6-3-13-11(9-19)5-8-23-13)2-1-14-17-16(18-21-14)12-4-7-22-10-12/h4-5,7-8,10H,1-3,6,9H2. The molecule has 0 spiro atoms. The normalized spacial score (nSPS) is 14.0. The van der Waals surface area contributed by atoms with E-state index in [2.05, 4.69) is 21.6 Å². The van der Waals surface area contributed by atoms with Crippen LogP contribution in [0.25, 0.3) is 11.4 Å². The number of nitrogens with zero attached hydrogens (tertiary/aromatic N) is 3. The van der Waals surface area contributed by atoms with Gasteiger partial charge in [0.1, 0.15) is 0 Å². The Morgan fingerprint density at radius 2 is 2.30 bits per heavy atom. The lowest BCUT2D eigenvalue weighted by atomic mass is 10.1. The molecule has 0 unspecified atom stereocenters. The number of thiophene rings is 2. The smallest absolute Gasteiger partial charge is 0.227 e. The van der Waals surface area contributed by atoms with E-state index in [0.29, 0.717) is 24.6 Å². The minimum atomic E-state index is 0.150. The second kappa shape index (κ2) is 6.25. The predicted molar refractivity (Wildman–Crippen MR) is 89.4 cm³/mol. The summed E-state index contributed by atoms with van der Waals surface area (Å²) in [5.74, 6) is 1.26. The maximum absolute atomic E-state index is 12.4. The average Bonchev–Trinajstić information content (AvgIpc) is 3.32. The quantitative estimate of drug-likeness (QED) is 0.727. The third kappa shape index (κ3) is 3.07. The molecule has 0 bridgehead atoms. The zero-order valence-corrected chi connectivity index (χ0v) is 14.0. The average molecular weight is 345 g/mol. The molecule has 4 rings (SSSR count). The Labute approximate surface area is 141 Å². The zero-order valence-electron chi connectivity index (χ0n) is 12.4.